The molecule has 3 aliphatic heterocycles. The lowest BCUT2D eigenvalue weighted by Crippen LogP contribution is -2.51. The van der Waals surface area contributed by atoms with Crippen LogP contribution in [0, 0.1) is 0 Å². The number of carbonyl (C=O) groups is 1. The molecule has 0 unspecified atom stereocenters. The highest BCUT2D eigenvalue weighted by atomic mass is 19.1. The number of nitrogens with one attached hydrogen (secondary N) is 1. The van der Waals surface area contributed by atoms with Crippen LogP contribution in [0.5, 0.6) is 0 Å². The maximum atomic E-state index is 15.1. The van der Waals surface area contributed by atoms with Crippen LogP contribution in [0.15, 0.2) is 6.07 Å². The van der Waals surface area contributed by atoms with Gasteiger partial charge in [0.15, 0.2) is 0 Å². The molecule has 4 heterocycles. The van der Waals surface area contributed by atoms with Gasteiger partial charge < -0.3 is 19.7 Å². The van der Waals surface area contributed by atoms with Crippen molar-refractivity contribution in [3.63, 3.8) is 0 Å². The molecule has 2 bridgehead atoms. The molecule has 26 heavy (non-hydrogen) atoms. The minimum atomic E-state index is -1.31. The van der Waals surface area contributed by atoms with Crippen molar-refractivity contribution in [3.8, 4) is 0 Å². The number of ether oxygens (including phenoxy) is 2. The van der Waals surface area contributed by atoms with Crippen LogP contribution >= 0.6 is 0 Å². The van der Waals surface area contributed by atoms with Crippen LogP contribution in [0.2, 0.25) is 0 Å². The van der Waals surface area contributed by atoms with Crippen LogP contribution in [0.1, 0.15) is 36.0 Å². The molecule has 7 nitrogen and oxygen atoms in total. The number of hydrogen-bond acceptors (Lipinski definition) is 6. The summed E-state index contributed by atoms with van der Waals surface area (Å²) < 4.78 is 25.9. The first-order chi connectivity index (χ1) is 12.4. The van der Waals surface area contributed by atoms with E-state index < -0.39 is 12.0 Å². The van der Waals surface area contributed by atoms with Gasteiger partial charge in [-0.2, -0.15) is 0 Å². The van der Waals surface area contributed by atoms with Gasteiger partial charge in [0.05, 0.1) is 6.54 Å². The van der Waals surface area contributed by atoms with E-state index in [0.29, 0.717) is 49.6 Å². The van der Waals surface area contributed by atoms with Crippen molar-refractivity contribution >= 4 is 11.7 Å². The van der Waals surface area contributed by atoms with Crippen molar-refractivity contribution in [3.05, 3.63) is 22.9 Å². The van der Waals surface area contributed by atoms with Gasteiger partial charge in [0, 0.05) is 58.3 Å². The van der Waals surface area contributed by atoms with E-state index in [-0.39, 0.29) is 11.9 Å². The minimum absolute atomic E-state index is 0.0607. The summed E-state index contributed by atoms with van der Waals surface area (Å²) in [6.07, 6.45) is 0.297. The molecule has 0 atom stereocenters. The second kappa shape index (κ2) is 6.44. The Hall–Kier alpha value is -1.77. The van der Waals surface area contributed by atoms with Crippen LogP contribution in [0.3, 0.4) is 0 Å². The Bertz CT molecular complexity index is 719. The fourth-order valence-electron chi connectivity index (χ4n) is 4.11. The Morgan fingerprint density at radius 3 is 2.77 bits per heavy atom. The predicted molar refractivity (Wildman–Crippen MR) is 93.3 cm³/mol. The molecule has 0 spiro atoms. The summed E-state index contributed by atoms with van der Waals surface area (Å²) in [6.45, 7) is 2.22. The predicted octanol–water partition coefficient (Wildman–Crippen LogP) is 1.40. The third-order valence-corrected chi connectivity index (χ3v) is 5.62. The third-order valence-electron chi connectivity index (χ3n) is 5.62. The summed E-state index contributed by atoms with van der Waals surface area (Å²) in [4.78, 5) is 20.8. The summed E-state index contributed by atoms with van der Waals surface area (Å²) in [5, 5.41) is 3.29. The van der Waals surface area contributed by atoms with Crippen molar-refractivity contribution in [2.45, 2.75) is 37.4 Å². The number of rotatable bonds is 5. The summed E-state index contributed by atoms with van der Waals surface area (Å²) in [7, 11) is 5.02. The summed E-state index contributed by atoms with van der Waals surface area (Å²) >= 11 is 0. The van der Waals surface area contributed by atoms with E-state index in [9.17, 15) is 4.79 Å². The Balaban J connectivity index is 1.70. The number of hydrogen-bond donors (Lipinski definition) is 1. The number of aromatic nitrogens is 1. The lowest BCUT2D eigenvalue weighted by molar-refractivity contribution is -0.136. The quantitative estimate of drug-likeness (QED) is 0.797. The molecule has 1 saturated heterocycles. The lowest BCUT2D eigenvalue weighted by atomic mass is 9.69. The molecule has 2 fully saturated rings. The number of carbonyl (C=O) groups excluding carboxylic acids is 1. The fourth-order valence-corrected chi connectivity index (χ4v) is 4.11. The van der Waals surface area contributed by atoms with Crippen LogP contribution in [-0.4, -0.2) is 67.6 Å². The zero-order chi connectivity index (χ0) is 18.5. The molecule has 1 aromatic rings. The molecule has 1 aromatic heterocycles. The summed E-state index contributed by atoms with van der Waals surface area (Å²) in [5.74, 6) is 0.628. The van der Waals surface area contributed by atoms with Gasteiger partial charge >= 0.3 is 0 Å². The smallest absolute Gasteiger partial charge is 0.237 e. The zero-order valence-corrected chi connectivity index (χ0v) is 15.4. The van der Waals surface area contributed by atoms with Gasteiger partial charge in [0.25, 0.3) is 0 Å². The SMILES string of the molecule is COC(OC)c1nc2c(cc1CN1CCN(C)CC1=O)C1(F)CC(C1)N2. The average molecular weight is 364 g/mol. The number of nitrogens with zero attached hydrogens (tertiary/aromatic N) is 3. The van der Waals surface area contributed by atoms with E-state index in [0.717, 1.165) is 12.1 Å². The van der Waals surface area contributed by atoms with E-state index in [1.54, 1.807) is 19.1 Å². The van der Waals surface area contributed by atoms with Crippen LogP contribution < -0.4 is 5.32 Å². The van der Waals surface area contributed by atoms with Gasteiger partial charge in [0.2, 0.25) is 12.2 Å². The maximum absolute atomic E-state index is 15.1. The number of alkyl halides is 1. The maximum Gasteiger partial charge on any atom is 0.237 e. The molecular weight excluding hydrogens is 339 g/mol. The Labute approximate surface area is 152 Å². The Kier molecular flexibility index (Phi) is 4.37. The highest BCUT2D eigenvalue weighted by Crippen LogP contribution is 2.53. The minimum Gasteiger partial charge on any atom is -0.367 e. The molecule has 1 N–H and O–H groups in total. The first kappa shape index (κ1) is 17.6. The second-order valence-electron chi connectivity index (χ2n) is 7.50. The number of halogens is 1. The number of anilines is 1. The van der Waals surface area contributed by atoms with Crippen LogP contribution in [0.25, 0.3) is 0 Å². The first-order valence-electron chi connectivity index (χ1n) is 8.95. The Morgan fingerprint density at radius 2 is 2.12 bits per heavy atom. The summed E-state index contributed by atoms with van der Waals surface area (Å²) in [6, 6.07) is 1.98. The van der Waals surface area contributed by atoms with Crippen molar-refractivity contribution < 1.29 is 18.7 Å². The largest absolute Gasteiger partial charge is 0.367 e. The molecule has 142 valence electrons. The van der Waals surface area contributed by atoms with Gasteiger partial charge in [-0.1, -0.05) is 0 Å². The molecule has 0 aromatic carbocycles. The summed E-state index contributed by atoms with van der Waals surface area (Å²) in [5.41, 5.74) is 0.650. The van der Waals surface area contributed by atoms with Gasteiger partial charge in [-0.05, 0) is 18.7 Å². The highest BCUT2D eigenvalue weighted by Gasteiger charge is 2.52. The van der Waals surface area contributed by atoms with Crippen molar-refractivity contribution in [1.29, 1.82) is 0 Å². The van der Waals surface area contributed by atoms with E-state index in [1.165, 1.54) is 0 Å². The molecular formula is C18H25FN4O3. The van der Waals surface area contributed by atoms with Gasteiger partial charge in [0.1, 0.15) is 17.2 Å². The molecule has 1 aliphatic carbocycles. The van der Waals surface area contributed by atoms with Gasteiger partial charge in [-0.3, -0.25) is 9.69 Å². The Morgan fingerprint density at radius 1 is 1.38 bits per heavy atom. The topological polar surface area (TPSA) is 66.9 Å². The monoisotopic (exact) mass is 364 g/mol. The molecule has 4 aliphatic rings. The molecule has 1 amide bonds. The number of pyridine rings is 1. The average Bonchev–Trinajstić information content (AvgIpc) is 2.58. The normalized spacial score (nSPS) is 28.0. The second-order valence-corrected chi connectivity index (χ2v) is 7.50. The first-order valence-corrected chi connectivity index (χ1v) is 8.95. The number of amides is 1. The van der Waals surface area contributed by atoms with Crippen molar-refractivity contribution in [1.82, 2.24) is 14.8 Å². The molecule has 0 radical (unpaired) electrons. The third kappa shape index (κ3) is 2.86. The zero-order valence-electron chi connectivity index (χ0n) is 15.4. The number of methoxy groups -OCH3 is 2. The van der Waals surface area contributed by atoms with E-state index in [4.69, 9.17) is 9.47 Å². The van der Waals surface area contributed by atoms with E-state index in [2.05, 4.69) is 10.3 Å². The number of likely N-dealkylation sites (N-methyl/N-ethyl adjacent to an activating group) is 1. The van der Waals surface area contributed by atoms with Crippen molar-refractivity contribution in [2.75, 3.05) is 46.2 Å². The van der Waals surface area contributed by atoms with Crippen molar-refractivity contribution in [2.24, 2.45) is 0 Å². The van der Waals surface area contributed by atoms with Crippen LogP contribution in [0.4, 0.5) is 10.2 Å². The standard InChI is InChI=1S/C18H25FN4O3/c1-22-4-5-23(14(24)10-22)9-11-6-13-16(20-12-7-18(13,19)8-12)21-15(11)17(25-2)26-3/h6,12,17H,4-5,7-10H2,1-3H3,(H,20,21). The van der Waals surface area contributed by atoms with Gasteiger partial charge in [-0.15, -0.1) is 0 Å². The molecule has 5 rings (SSSR count). The molecule has 1 saturated carbocycles. The van der Waals surface area contributed by atoms with Gasteiger partial charge in [-0.25, -0.2) is 9.37 Å². The van der Waals surface area contributed by atoms with E-state index >= 15 is 4.39 Å². The van der Waals surface area contributed by atoms with E-state index in [1.807, 2.05) is 18.0 Å². The highest BCUT2D eigenvalue weighted by molar-refractivity contribution is 5.79. The molecule has 8 heteroatoms. The lowest BCUT2D eigenvalue weighted by Gasteiger charge is -2.48. The van der Waals surface area contributed by atoms with Crippen LogP contribution in [-0.2, 0) is 26.5 Å². The fraction of sp³-hybridized carbons (Fsp3) is 0.667. The number of piperazine rings is 1.